The van der Waals surface area contributed by atoms with Gasteiger partial charge in [-0.15, -0.1) is 0 Å². The van der Waals surface area contributed by atoms with Crippen molar-refractivity contribution in [2.24, 2.45) is 5.92 Å². The Hall–Kier alpha value is -0.0151. The molecule has 0 amide bonds. The van der Waals surface area contributed by atoms with Crippen LogP contribution in [0.25, 0.3) is 0 Å². The van der Waals surface area contributed by atoms with Gasteiger partial charge >= 0.3 is 0 Å². The van der Waals surface area contributed by atoms with Crippen LogP contribution in [0.5, 0.6) is 0 Å². The Morgan fingerprint density at radius 3 is 2.18 bits per heavy atom. The van der Waals surface area contributed by atoms with Crippen LogP contribution in [-0.2, 0) is 4.74 Å². The molecule has 0 aliphatic carbocycles. The molecule has 11 heavy (non-hydrogen) atoms. The number of epoxide rings is 1. The fraction of sp³-hybridized carbons (Fsp3) is 1.00. The smallest absolute Gasteiger partial charge is 0.107 e. The van der Waals surface area contributed by atoms with Crippen molar-refractivity contribution < 1.29 is 4.74 Å². The molecule has 1 atom stereocenters. The second kappa shape index (κ2) is 2.24. The van der Waals surface area contributed by atoms with E-state index in [1.54, 1.807) is 0 Å². The third-order valence-corrected chi connectivity index (χ3v) is 3.34. The molecule has 0 aromatic rings. The number of nitrogens with zero attached hydrogens (tertiary/aromatic N) is 1. The molecule has 0 N–H and O–H groups in total. The second-order valence-electron chi connectivity index (χ2n) is 3.90. The minimum atomic E-state index is 0. The molecule has 2 nitrogen and oxygen atoms in total. The quantitative estimate of drug-likeness (QED) is 0.359. The molecule has 0 aromatic heterocycles. The molecule has 2 bridgehead atoms. The summed E-state index contributed by atoms with van der Waals surface area (Å²) in [5.41, 5.74) is 0.372. The highest BCUT2D eigenvalue weighted by Crippen LogP contribution is 2.46. The van der Waals surface area contributed by atoms with Crippen molar-refractivity contribution >= 4 is 8.41 Å². The summed E-state index contributed by atoms with van der Waals surface area (Å²) in [6.45, 7) is 4.94. The fourth-order valence-corrected chi connectivity index (χ4v) is 2.54. The highest BCUT2D eigenvalue weighted by atomic mass is 16.6. The maximum Gasteiger partial charge on any atom is 0.107 e. The van der Waals surface area contributed by atoms with E-state index in [-0.39, 0.29) is 8.41 Å². The van der Waals surface area contributed by atoms with Gasteiger partial charge in [0, 0.05) is 15.0 Å². The molecular weight excluding hydrogens is 137 g/mol. The van der Waals surface area contributed by atoms with Crippen molar-refractivity contribution in [2.45, 2.75) is 18.4 Å². The Labute approximate surface area is 69.5 Å². The first-order chi connectivity index (χ1) is 4.89. The summed E-state index contributed by atoms with van der Waals surface area (Å²) in [5.74, 6) is 0.914. The van der Waals surface area contributed by atoms with E-state index in [4.69, 9.17) is 4.74 Å². The Balaban J connectivity index is 0.000000480. The van der Waals surface area contributed by atoms with Gasteiger partial charge in [-0.05, 0) is 31.8 Å². The van der Waals surface area contributed by atoms with E-state index in [9.17, 15) is 0 Å². The average Bonchev–Trinajstić information content (AvgIpc) is 2.72. The van der Waals surface area contributed by atoms with Gasteiger partial charge in [0.2, 0.25) is 0 Å². The number of hydrogen-bond acceptors (Lipinski definition) is 2. The highest BCUT2D eigenvalue weighted by molar-refractivity contribution is 5.75. The number of fused-ring (bicyclic) bond motifs is 2. The van der Waals surface area contributed by atoms with E-state index < -0.39 is 0 Å². The fourth-order valence-electron chi connectivity index (χ4n) is 2.54. The minimum absolute atomic E-state index is 0. The van der Waals surface area contributed by atoms with Crippen molar-refractivity contribution in [3.05, 3.63) is 0 Å². The van der Waals surface area contributed by atoms with Crippen LogP contribution in [0, 0.1) is 5.92 Å². The summed E-state index contributed by atoms with van der Waals surface area (Å²) in [4.78, 5) is 2.55. The molecule has 0 aromatic carbocycles. The van der Waals surface area contributed by atoms with E-state index in [1.165, 1.54) is 32.5 Å². The molecule has 1 spiro atoms. The average molecular weight is 150 g/mol. The zero-order valence-corrected chi connectivity index (χ0v) is 6.75. The van der Waals surface area contributed by atoms with E-state index in [0.717, 1.165) is 12.5 Å². The van der Waals surface area contributed by atoms with Gasteiger partial charge in [0.25, 0.3) is 0 Å². The lowest BCUT2D eigenvalue weighted by Crippen LogP contribution is -2.52. The van der Waals surface area contributed by atoms with Crippen LogP contribution in [0.3, 0.4) is 0 Å². The predicted molar refractivity (Wildman–Crippen MR) is 43.6 cm³/mol. The monoisotopic (exact) mass is 150 g/mol. The number of ether oxygens (including phenoxy) is 1. The first-order valence-corrected chi connectivity index (χ1v) is 4.25. The lowest BCUT2D eigenvalue weighted by Gasteiger charge is -2.43. The van der Waals surface area contributed by atoms with Crippen molar-refractivity contribution in [2.75, 3.05) is 26.2 Å². The van der Waals surface area contributed by atoms with Crippen molar-refractivity contribution in [3.8, 4) is 0 Å². The van der Waals surface area contributed by atoms with Gasteiger partial charge in [-0.3, -0.25) is 0 Å². The molecule has 4 saturated heterocycles. The van der Waals surface area contributed by atoms with Crippen LogP contribution >= 0.6 is 0 Å². The lowest BCUT2D eigenvalue weighted by atomic mass is 9.79. The van der Waals surface area contributed by atoms with Gasteiger partial charge in [-0.25, -0.2) is 0 Å². The molecule has 4 aliphatic heterocycles. The Morgan fingerprint density at radius 1 is 1.27 bits per heavy atom. The lowest BCUT2D eigenvalue weighted by molar-refractivity contribution is 0.0242. The summed E-state index contributed by atoms with van der Waals surface area (Å²) in [5, 5.41) is 0. The van der Waals surface area contributed by atoms with Gasteiger partial charge < -0.3 is 9.64 Å². The van der Waals surface area contributed by atoms with E-state index in [0.29, 0.717) is 5.60 Å². The molecule has 3 radical (unpaired) electrons. The van der Waals surface area contributed by atoms with E-state index >= 15 is 0 Å². The third kappa shape index (κ3) is 0.943. The molecule has 59 valence electrons. The van der Waals surface area contributed by atoms with Gasteiger partial charge in [0.05, 0.1) is 6.61 Å². The number of piperidine rings is 3. The molecule has 0 unspecified atom stereocenters. The summed E-state index contributed by atoms with van der Waals surface area (Å²) < 4.78 is 5.53. The largest absolute Gasteiger partial charge is 0.368 e. The van der Waals surface area contributed by atoms with Crippen LogP contribution in [-0.4, -0.2) is 45.2 Å². The molecule has 3 heteroatoms. The zero-order valence-electron chi connectivity index (χ0n) is 6.75. The topological polar surface area (TPSA) is 15.8 Å². The Kier molecular flexibility index (Phi) is 1.55. The maximum atomic E-state index is 5.53. The SMILES string of the molecule is C1CN2CCC1[C@@]1(CO1)C2.[B]. The van der Waals surface area contributed by atoms with Crippen LogP contribution in [0.1, 0.15) is 12.8 Å². The summed E-state index contributed by atoms with van der Waals surface area (Å²) >= 11 is 0. The highest BCUT2D eigenvalue weighted by Gasteiger charge is 2.56. The van der Waals surface area contributed by atoms with Crippen LogP contribution < -0.4 is 0 Å². The Bertz CT molecular complexity index is 161. The zero-order chi connectivity index (χ0) is 6.60. The summed E-state index contributed by atoms with van der Waals surface area (Å²) in [6, 6.07) is 0. The molecule has 4 rings (SSSR count). The minimum Gasteiger partial charge on any atom is -0.368 e. The van der Waals surface area contributed by atoms with Crippen LogP contribution in [0.15, 0.2) is 0 Å². The van der Waals surface area contributed by atoms with Gasteiger partial charge in [0.1, 0.15) is 5.60 Å². The summed E-state index contributed by atoms with van der Waals surface area (Å²) in [7, 11) is 0. The number of rotatable bonds is 0. The Morgan fingerprint density at radius 2 is 1.91 bits per heavy atom. The van der Waals surface area contributed by atoms with E-state index in [2.05, 4.69) is 4.90 Å². The van der Waals surface area contributed by atoms with Crippen LogP contribution in [0.2, 0.25) is 0 Å². The summed E-state index contributed by atoms with van der Waals surface area (Å²) in [6.07, 6.45) is 2.78. The molecule has 4 fully saturated rings. The maximum absolute atomic E-state index is 5.53. The third-order valence-electron chi connectivity index (χ3n) is 3.34. The molecule has 0 saturated carbocycles. The van der Waals surface area contributed by atoms with Crippen molar-refractivity contribution in [1.82, 2.24) is 4.90 Å². The van der Waals surface area contributed by atoms with Gasteiger partial charge in [-0.1, -0.05) is 0 Å². The second-order valence-corrected chi connectivity index (χ2v) is 3.90. The standard InChI is InChI=1S/C8H13NO.B/c1-3-9-4-2-7(1)8(5-9)6-10-8;/h7H,1-6H2;/t8-;/m0./s1. The molecular formula is C8H13BNO. The first-order valence-electron chi connectivity index (χ1n) is 4.25. The molecule has 4 heterocycles. The van der Waals surface area contributed by atoms with Gasteiger partial charge in [-0.2, -0.15) is 0 Å². The normalized spacial score (nSPS) is 52.4. The number of hydrogen-bond donors (Lipinski definition) is 0. The molecule has 4 aliphatic rings. The van der Waals surface area contributed by atoms with Crippen LogP contribution in [0.4, 0.5) is 0 Å². The first kappa shape index (κ1) is 7.62. The van der Waals surface area contributed by atoms with Crippen molar-refractivity contribution in [1.29, 1.82) is 0 Å². The van der Waals surface area contributed by atoms with E-state index in [1.807, 2.05) is 0 Å². The van der Waals surface area contributed by atoms with Crippen molar-refractivity contribution in [3.63, 3.8) is 0 Å². The predicted octanol–water partition coefficient (Wildman–Crippen LogP) is 0.100. The van der Waals surface area contributed by atoms with Gasteiger partial charge in [0.15, 0.2) is 0 Å².